The maximum atomic E-state index is 11.1. The summed E-state index contributed by atoms with van der Waals surface area (Å²) in [4.78, 5) is 0.827. The molecule has 1 aromatic heterocycles. The highest BCUT2D eigenvalue weighted by atomic mass is 32.2. The zero-order chi connectivity index (χ0) is 25.1. The van der Waals surface area contributed by atoms with E-state index in [0.29, 0.717) is 18.7 Å². The number of nitriles is 2. The van der Waals surface area contributed by atoms with Crippen LogP contribution in [0.15, 0.2) is 58.6 Å². The van der Waals surface area contributed by atoms with E-state index in [1.807, 2.05) is 18.2 Å². The Morgan fingerprint density at radius 2 is 1.41 bits per heavy atom. The van der Waals surface area contributed by atoms with Crippen molar-refractivity contribution in [1.29, 1.82) is 10.5 Å². The standard InChI is InChI=1S/C28H31N3OS2/c1-27(2,3)22-13-20(14-23(24(22)32)28(4,5)6)12-21-16-31(15-19-10-8-7-9-11-19)26(34-18-30)25(21)33-17-29/h7-11,13-14,16,32H,12,15H2,1-6H3. The topological polar surface area (TPSA) is 72.7 Å². The third kappa shape index (κ3) is 5.81. The average molecular weight is 490 g/mol. The highest BCUT2D eigenvalue weighted by molar-refractivity contribution is 8.06. The Bertz CT molecular complexity index is 1220. The fourth-order valence-corrected chi connectivity index (χ4v) is 5.41. The largest absolute Gasteiger partial charge is 0.507 e. The first kappa shape index (κ1) is 25.8. The van der Waals surface area contributed by atoms with Crippen LogP contribution >= 0.6 is 23.5 Å². The van der Waals surface area contributed by atoms with Gasteiger partial charge in [-0.1, -0.05) is 84.0 Å². The SMILES string of the molecule is CC(C)(C)c1cc(Cc2cn(Cc3ccccc3)c(SC#N)c2SC#N)cc(C(C)(C)C)c1O. The van der Waals surface area contributed by atoms with E-state index in [1.165, 1.54) is 0 Å². The van der Waals surface area contributed by atoms with E-state index in [-0.39, 0.29) is 10.8 Å². The molecule has 3 aromatic rings. The number of benzene rings is 2. The van der Waals surface area contributed by atoms with E-state index >= 15 is 0 Å². The molecule has 0 radical (unpaired) electrons. The minimum atomic E-state index is -0.217. The Hall–Kier alpha value is -2.80. The number of aromatic hydroxyl groups is 1. The summed E-state index contributed by atoms with van der Waals surface area (Å²) >= 11 is 2.20. The second kappa shape index (κ2) is 10.2. The number of thiocyanates is 2. The smallest absolute Gasteiger partial charge is 0.140 e. The highest BCUT2D eigenvalue weighted by Gasteiger charge is 2.27. The van der Waals surface area contributed by atoms with Crippen molar-refractivity contribution in [1.82, 2.24) is 4.57 Å². The lowest BCUT2D eigenvalue weighted by atomic mass is 9.78. The molecule has 0 amide bonds. The van der Waals surface area contributed by atoms with Gasteiger partial charge in [0, 0.05) is 30.9 Å². The van der Waals surface area contributed by atoms with Crippen molar-refractivity contribution in [2.45, 2.75) is 75.3 Å². The molecule has 0 unspecified atom stereocenters. The maximum absolute atomic E-state index is 11.1. The number of rotatable bonds is 6. The molecule has 0 fully saturated rings. The van der Waals surface area contributed by atoms with Gasteiger partial charge in [0.2, 0.25) is 0 Å². The summed E-state index contributed by atoms with van der Waals surface area (Å²) in [5, 5.41) is 35.3. The van der Waals surface area contributed by atoms with Crippen LogP contribution in [-0.4, -0.2) is 9.67 Å². The van der Waals surface area contributed by atoms with Gasteiger partial charge in [-0.25, -0.2) is 0 Å². The predicted molar refractivity (Wildman–Crippen MR) is 141 cm³/mol. The Morgan fingerprint density at radius 3 is 1.91 bits per heavy atom. The number of nitrogens with zero attached hydrogens (tertiary/aromatic N) is 3. The minimum absolute atomic E-state index is 0.217. The van der Waals surface area contributed by atoms with Crippen LogP contribution in [0.3, 0.4) is 0 Å². The molecule has 0 spiro atoms. The molecular formula is C28H31N3OS2. The first-order valence-electron chi connectivity index (χ1n) is 11.2. The molecule has 1 N–H and O–H groups in total. The van der Waals surface area contributed by atoms with Gasteiger partial charge in [-0.05, 0) is 50.4 Å². The van der Waals surface area contributed by atoms with Crippen molar-refractivity contribution < 1.29 is 5.11 Å². The Morgan fingerprint density at radius 1 is 0.853 bits per heavy atom. The summed E-state index contributed by atoms with van der Waals surface area (Å²) in [6.45, 7) is 13.3. The summed E-state index contributed by atoms with van der Waals surface area (Å²) in [5.74, 6) is 0.359. The second-order valence-electron chi connectivity index (χ2n) is 10.5. The molecule has 6 heteroatoms. The molecule has 0 bridgehead atoms. The van der Waals surface area contributed by atoms with Crippen molar-refractivity contribution in [3.05, 3.63) is 76.5 Å². The summed E-state index contributed by atoms with van der Waals surface area (Å²) in [6.07, 6.45) is 2.67. The van der Waals surface area contributed by atoms with Crippen LogP contribution in [0.4, 0.5) is 0 Å². The number of thioether (sulfide) groups is 2. The summed E-state index contributed by atoms with van der Waals surface area (Å²) < 4.78 is 2.06. The molecular weight excluding hydrogens is 458 g/mol. The third-order valence-electron chi connectivity index (χ3n) is 5.72. The molecule has 3 rings (SSSR count). The van der Waals surface area contributed by atoms with E-state index < -0.39 is 0 Å². The quantitative estimate of drug-likeness (QED) is 0.285. The van der Waals surface area contributed by atoms with Gasteiger partial charge < -0.3 is 9.67 Å². The van der Waals surface area contributed by atoms with Crippen LogP contribution in [0, 0.1) is 21.3 Å². The van der Waals surface area contributed by atoms with Gasteiger partial charge in [-0.15, -0.1) is 0 Å². The minimum Gasteiger partial charge on any atom is -0.507 e. The molecule has 2 aromatic carbocycles. The van der Waals surface area contributed by atoms with E-state index in [4.69, 9.17) is 0 Å². The molecule has 0 aliphatic rings. The van der Waals surface area contributed by atoms with E-state index in [9.17, 15) is 15.6 Å². The van der Waals surface area contributed by atoms with Crippen molar-refractivity contribution in [3.63, 3.8) is 0 Å². The Labute approximate surface area is 211 Å². The van der Waals surface area contributed by atoms with Crippen LogP contribution < -0.4 is 0 Å². The summed E-state index contributed by atoms with van der Waals surface area (Å²) in [7, 11) is 0. The van der Waals surface area contributed by atoms with Gasteiger partial charge in [-0.2, -0.15) is 10.5 Å². The van der Waals surface area contributed by atoms with Crippen molar-refractivity contribution >= 4 is 23.5 Å². The Balaban J connectivity index is 2.14. The van der Waals surface area contributed by atoms with Gasteiger partial charge in [0.1, 0.15) is 21.6 Å². The predicted octanol–water partition coefficient (Wildman–Crippen LogP) is 7.57. The lowest BCUT2D eigenvalue weighted by Gasteiger charge is -2.28. The monoisotopic (exact) mass is 489 g/mol. The molecule has 0 atom stereocenters. The van der Waals surface area contributed by atoms with Gasteiger partial charge in [-0.3, -0.25) is 0 Å². The normalized spacial score (nSPS) is 11.8. The van der Waals surface area contributed by atoms with Crippen molar-refractivity contribution in [2.75, 3.05) is 0 Å². The van der Waals surface area contributed by atoms with Crippen LogP contribution in [0.5, 0.6) is 5.75 Å². The summed E-state index contributed by atoms with van der Waals surface area (Å²) in [6, 6.07) is 14.3. The number of hydrogen-bond donors (Lipinski definition) is 1. The van der Waals surface area contributed by atoms with Crippen LogP contribution in [0.2, 0.25) is 0 Å². The maximum Gasteiger partial charge on any atom is 0.140 e. The number of aromatic nitrogens is 1. The number of phenols is 1. The van der Waals surface area contributed by atoms with Gasteiger partial charge in [0.25, 0.3) is 0 Å². The summed E-state index contributed by atoms with van der Waals surface area (Å²) in [5.41, 5.74) is 4.62. The zero-order valence-electron chi connectivity index (χ0n) is 20.6. The fraction of sp³-hybridized carbons (Fsp3) is 0.357. The van der Waals surface area contributed by atoms with Gasteiger partial charge >= 0.3 is 0 Å². The van der Waals surface area contributed by atoms with E-state index in [2.05, 4.69) is 87.4 Å². The highest BCUT2D eigenvalue weighted by Crippen LogP contribution is 2.42. The Kier molecular flexibility index (Phi) is 7.76. The van der Waals surface area contributed by atoms with E-state index in [1.54, 1.807) is 0 Å². The molecule has 4 nitrogen and oxygen atoms in total. The molecule has 1 heterocycles. The van der Waals surface area contributed by atoms with Crippen molar-refractivity contribution in [3.8, 4) is 16.6 Å². The molecule has 0 aliphatic heterocycles. The van der Waals surface area contributed by atoms with Crippen LogP contribution in [-0.2, 0) is 23.8 Å². The fourth-order valence-electron chi connectivity index (χ4n) is 4.06. The molecule has 0 saturated heterocycles. The number of phenolic OH excluding ortho intramolecular Hbond substituents is 1. The first-order chi connectivity index (χ1) is 16.0. The molecule has 176 valence electrons. The first-order valence-corrected chi connectivity index (χ1v) is 12.8. The molecule has 0 aliphatic carbocycles. The lowest BCUT2D eigenvalue weighted by molar-refractivity contribution is 0.423. The van der Waals surface area contributed by atoms with Crippen molar-refractivity contribution in [2.24, 2.45) is 0 Å². The molecule has 34 heavy (non-hydrogen) atoms. The zero-order valence-corrected chi connectivity index (χ0v) is 22.3. The van der Waals surface area contributed by atoms with Gasteiger partial charge in [0.05, 0.1) is 4.90 Å². The second-order valence-corrected chi connectivity index (χ2v) is 12.1. The molecule has 0 saturated carbocycles. The van der Waals surface area contributed by atoms with Crippen LogP contribution in [0.1, 0.15) is 69.4 Å². The van der Waals surface area contributed by atoms with E-state index in [0.717, 1.165) is 61.3 Å². The van der Waals surface area contributed by atoms with Crippen LogP contribution in [0.25, 0.3) is 0 Å². The number of hydrogen-bond acceptors (Lipinski definition) is 5. The van der Waals surface area contributed by atoms with Gasteiger partial charge in [0.15, 0.2) is 0 Å². The third-order valence-corrected chi connectivity index (χ3v) is 7.33. The average Bonchev–Trinajstić information content (AvgIpc) is 3.05. The lowest BCUT2D eigenvalue weighted by Crippen LogP contribution is -2.18.